The minimum absolute atomic E-state index is 0.0780. The molecule has 0 aliphatic rings. The molecule has 0 heterocycles. The van der Waals surface area contributed by atoms with Crippen molar-refractivity contribution in [2.75, 3.05) is 13.2 Å². The lowest BCUT2D eigenvalue weighted by atomic mass is 10.0. The van der Waals surface area contributed by atoms with Gasteiger partial charge in [-0.3, -0.25) is 9.59 Å². The first-order valence-electron chi connectivity index (χ1n) is 33.7. The first-order chi connectivity index (χ1) is 39.6. The van der Waals surface area contributed by atoms with Crippen LogP contribution in [0.5, 0.6) is 0 Å². The van der Waals surface area contributed by atoms with Crippen molar-refractivity contribution in [2.45, 2.75) is 315 Å². The summed E-state index contributed by atoms with van der Waals surface area (Å²) in [6.07, 6.45) is 103. The van der Waals surface area contributed by atoms with Crippen molar-refractivity contribution in [2.24, 2.45) is 0 Å². The Morgan fingerprint density at radius 3 is 0.750 bits per heavy atom. The number of allylic oxidation sites excluding steroid dienone is 22. The molecule has 0 aliphatic carbocycles. The van der Waals surface area contributed by atoms with Crippen LogP contribution in [0.3, 0.4) is 0 Å². The Balaban J connectivity index is 3.47. The van der Waals surface area contributed by atoms with Crippen molar-refractivity contribution in [3.8, 4) is 0 Å². The Morgan fingerprint density at radius 2 is 0.500 bits per heavy atom. The smallest absolute Gasteiger partial charge is 0.306 e. The van der Waals surface area contributed by atoms with Crippen LogP contribution in [0.15, 0.2) is 134 Å². The first-order valence-corrected chi connectivity index (χ1v) is 33.7. The highest BCUT2D eigenvalue weighted by molar-refractivity contribution is 5.70. The SMILES string of the molecule is CC/C=C\C/C=C\C/C=C\C/C=C\C/C=C\C/C=C\C/C=C\CCCCCCCC(=O)OC(CO)COC(=O)CCCCCCCCCCCCCCCCCCCCCCCCCCCC/C=C\C/C=C\C/C=C\C/C=C\CC. The Morgan fingerprint density at radius 1 is 0.287 bits per heavy atom. The number of aliphatic hydroxyl groups is 1. The van der Waals surface area contributed by atoms with Crippen LogP contribution in [0.2, 0.25) is 0 Å². The van der Waals surface area contributed by atoms with Gasteiger partial charge in [-0.05, 0) is 109 Å². The average Bonchev–Trinajstić information content (AvgIpc) is 3.46. The molecule has 0 fully saturated rings. The molecule has 0 aromatic rings. The van der Waals surface area contributed by atoms with Crippen molar-refractivity contribution >= 4 is 11.9 Å². The van der Waals surface area contributed by atoms with Gasteiger partial charge in [0.05, 0.1) is 6.61 Å². The van der Waals surface area contributed by atoms with Crippen molar-refractivity contribution in [1.82, 2.24) is 0 Å². The highest BCUT2D eigenvalue weighted by Crippen LogP contribution is 2.17. The van der Waals surface area contributed by atoms with Crippen LogP contribution in [-0.4, -0.2) is 36.4 Å². The standard InChI is InChI=1S/C75H126O5/c1-3-5-7-9-11-13-15-17-19-21-23-25-27-29-31-32-33-34-35-36-37-38-39-40-41-42-44-45-47-49-51-53-55-57-59-61-63-65-67-69-74(77)79-72-73(71-76)80-75(78)70-68-66-64-62-60-58-56-54-52-50-48-46-43-30-28-26-24-22-20-18-16-14-12-10-8-6-4-2/h5-8,11-14,17-20,23-26,30,43,48,50,54,56,73,76H,3-4,9-10,15-16,21-22,27-29,31-42,44-47,49,51-53,55,57-72H2,1-2H3/b7-5-,8-6-,13-11-,14-12-,19-17-,20-18-,25-23-,26-24-,43-30-,50-48-,56-54-. The monoisotopic (exact) mass is 1110 g/mol. The second-order valence-corrected chi connectivity index (χ2v) is 22.1. The maximum Gasteiger partial charge on any atom is 0.306 e. The van der Waals surface area contributed by atoms with Gasteiger partial charge in [-0.1, -0.05) is 321 Å². The van der Waals surface area contributed by atoms with Gasteiger partial charge in [0.1, 0.15) is 6.61 Å². The van der Waals surface area contributed by atoms with Crippen LogP contribution in [-0.2, 0) is 19.1 Å². The summed E-state index contributed by atoms with van der Waals surface area (Å²) < 4.78 is 10.7. The molecule has 456 valence electrons. The normalized spacial score (nSPS) is 13.1. The molecule has 0 amide bonds. The highest BCUT2D eigenvalue weighted by Gasteiger charge is 2.16. The summed E-state index contributed by atoms with van der Waals surface area (Å²) in [5.74, 6) is -0.609. The molecular formula is C75H126O5. The van der Waals surface area contributed by atoms with Crippen LogP contribution < -0.4 is 0 Å². The largest absolute Gasteiger partial charge is 0.462 e. The maximum absolute atomic E-state index is 12.3. The highest BCUT2D eigenvalue weighted by atomic mass is 16.6. The Labute approximate surface area is 496 Å². The van der Waals surface area contributed by atoms with E-state index < -0.39 is 6.10 Å². The third-order valence-corrected chi connectivity index (χ3v) is 14.4. The van der Waals surface area contributed by atoms with E-state index in [0.29, 0.717) is 12.8 Å². The van der Waals surface area contributed by atoms with Crippen LogP contribution in [0.1, 0.15) is 309 Å². The molecule has 1 unspecified atom stereocenters. The van der Waals surface area contributed by atoms with Crippen LogP contribution in [0.25, 0.3) is 0 Å². The van der Waals surface area contributed by atoms with Crippen LogP contribution >= 0.6 is 0 Å². The number of unbranched alkanes of at least 4 members (excludes halogenated alkanes) is 31. The Kier molecular flexibility index (Phi) is 65.9. The predicted molar refractivity (Wildman–Crippen MR) is 352 cm³/mol. The predicted octanol–water partition coefficient (Wildman–Crippen LogP) is 23.5. The minimum Gasteiger partial charge on any atom is -0.462 e. The van der Waals surface area contributed by atoms with E-state index in [1.54, 1.807) is 0 Å². The zero-order valence-corrected chi connectivity index (χ0v) is 52.3. The van der Waals surface area contributed by atoms with E-state index in [2.05, 4.69) is 148 Å². The fraction of sp³-hybridized carbons (Fsp3) is 0.680. The average molecular weight is 1110 g/mol. The molecule has 0 aliphatic heterocycles. The van der Waals surface area contributed by atoms with Gasteiger partial charge in [-0.15, -0.1) is 0 Å². The van der Waals surface area contributed by atoms with Gasteiger partial charge < -0.3 is 14.6 Å². The van der Waals surface area contributed by atoms with Crippen LogP contribution in [0, 0.1) is 0 Å². The fourth-order valence-corrected chi connectivity index (χ4v) is 9.47. The molecule has 0 saturated heterocycles. The molecule has 0 bridgehead atoms. The second kappa shape index (κ2) is 69.3. The molecule has 1 N–H and O–H groups in total. The molecule has 0 rings (SSSR count). The first kappa shape index (κ1) is 76.0. The third kappa shape index (κ3) is 66.6. The quantitative estimate of drug-likeness (QED) is 0.0373. The molecule has 0 aromatic heterocycles. The molecule has 0 aromatic carbocycles. The third-order valence-electron chi connectivity index (χ3n) is 14.4. The van der Waals surface area contributed by atoms with Gasteiger partial charge in [0, 0.05) is 12.8 Å². The van der Waals surface area contributed by atoms with E-state index in [1.807, 2.05) is 0 Å². The molecule has 0 spiro atoms. The van der Waals surface area contributed by atoms with Crippen molar-refractivity contribution in [3.05, 3.63) is 134 Å². The van der Waals surface area contributed by atoms with E-state index in [4.69, 9.17) is 9.47 Å². The molecule has 0 saturated carbocycles. The van der Waals surface area contributed by atoms with Gasteiger partial charge in [0.25, 0.3) is 0 Å². The molecular weight excluding hydrogens is 981 g/mol. The summed E-state index contributed by atoms with van der Waals surface area (Å²) in [7, 11) is 0. The van der Waals surface area contributed by atoms with Crippen molar-refractivity contribution < 1.29 is 24.2 Å². The lowest BCUT2D eigenvalue weighted by molar-refractivity contribution is -0.161. The lowest BCUT2D eigenvalue weighted by Gasteiger charge is -2.15. The summed E-state index contributed by atoms with van der Waals surface area (Å²) in [4.78, 5) is 24.6. The maximum atomic E-state index is 12.3. The number of carbonyl (C=O) groups excluding carboxylic acids is 2. The summed E-state index contributed by atoms with van der Waals surface area (Å²) >= 11 is 0. The number of hydrogen-bond donors (Lipinski definition) is 1. The Hall–Kier alpha value is -3.96. The van der Waals surface area contributed by atoms with E-state index in [0.717, 1.165) is 128 Å². The summed E-state index contributed by atoms with van der Waals surface area (Å²) in [5, 5.41) is 9.69. The zero-order chi connectivity index (χ0) is 57.6. The summed E-state index contributed by atoms with van der Waals surface area (Å²) in [5.41, 5.74) is 0. The number of aliphatic hydroxyl groups excluding tert-OH is 1. The topological polar surface area (TPSA) is 72.8 Å². The molecule has 5 heteroatoms. The molecule has 5 nitrogen and oxygen atoms in total. The molecule has 80 heavy (non-hydrogen) atoms. The van der Waals surface area contributed by atoms with E-state index in [-0.39, 0.29) is 25.2 Å². The number of ether oxygens (including phenoxy) is 2. The van der Waals surface area contributed by atoms with Crippen molar-refractivity contribution in [1.29, 1.82) is 0 Å². The molecule has 0 radical (unpaired) electrons. The van der Waals surface area contributed by atoms with Gasteiger partial charge in [0.15, 0.2) is 6.10 Å². The number of rotatable bonds is 61. The van der Waals surface area contributed by atoms with Gasteiger partial charge in [-0.25, -0.2) is 0 Å². The lowest BCUT2D eigenvalue weighted by Crippen LogP contribution is -2.28. The van der Waals surface area contributed by atoms with Gasteiger partial charge in [-0.2, -0.15) is 0 Å². The Bertz CT molecular complexity index is 1630. The van der Waals surface area contributed by atoms with Crippen molar-refractivity contribution in [3.63, 3.8) is 0 Å². The van der Waals surface area contributed by atoms with Crippen LogP contribution in [0.4, 0.5) is 0 Å². The summed E-state index contributed by atoms with van der Waals surface area (Å²) in [6, 6.07) is 0. The minimum atomic E-state index is -0.791. The van der Waals surface area contributed by atoms with Gasteiger partial charge in [0.2, 0.25) is 0 Å². The number of esters is 2. The summed E-state index contributed by atoms with van der Waals surface area (Å²) in [6.45, 7) is 3.92. The number of carbonyl (C=O) groups is 2. The molecule has 1 atom stereocenters. The van der Waals surface area contributed by atoms with E-state index >= 15 is 0 Å². The fourth-order valence-electron chi connectivity index (χ4n) is 9.47. The zero-order valence-electron chi connectivity index (χ0n) is 52.3. The van der Waals surface area contributed by atoms with Gasteiger partial charge >= 0.3 is 11.9 Å². The van der Waals surface area contributed by atoms with E-state index in [9.17, 15) is 14.7 Å². The van der Waals surface area contributed by atoms with E-state index in [1.165, 1.54) is 154 Å². The number of hydrogen-bond acceptors (Lipinski definition) is 5. The second-order valence-electron chi connectivity index (χ2n) is 22.1.